The van der Waals surface area contributed by atoms with Crippen LogP contribution in [-0.2, 0) is 35.2 Å². The molecule has 2 heterocycles. The predicted octanol–water partition coefficient (Wildman–Crippen LogP) is 2.30. The lowest BCUT2D eigenvalue weighted by atomic mass is 10.1. The predicted molar refractivity (Wildman–Crippen MR) is 109 cm³/mol. The van der Waals surface area contributed by atoms with Crippen molar-refractivity contribution in [1.82, 2.24) is 10.6 Å². The third kappa shape index (κ3) is 4.84. The zero-order valence-corrected chi connectivity index (χ0v) is 17.0. The fourth-order valence-electron chi connectivity index (χ4n) is 3.22. The van der Waals surface area contributed by atoms with Gasteiger partial charge in [0.2, 0.25) is 5.91 Å². The van der Waals surface area contributed by atoms with Gasteiger partial charge in [-0.25, -0.2) is 0 Å². The molecular weight excluding hydrogens is 400 g/mol. The fourth-order valence-corrected chi connectivity index (χ4v) is 4.28. The standard InChI is InChI=1S/C20H22N2O4S.ClH/c23-20(22-11-14-1-2-15-12-21-13-16(15)9-14)5-8-27(24)17-3-4-18-19(10-17)26-7-6-25-18;/h1-4,9-10,21H,5-8,11-13H2,(H,22,23);1H. The molecule has 0 saturated carbocycles. The molecule has 0 bridgehead atoms. The molecule has 1 unspecified atom stereocenters. The Morgan fingerprint density at radius 2 is 1.82 bits per heavy atom. The van der Waals surface area contributed by atoms with Crippen molar-refractivity contribution in [2.45, 2.75) is 31.0 Å². The Kier molecular flexibility index (Phi) is 6.93. The average molecular weight is 423 g/mol. The first-order chi connectivity index (χ1) is 13.2. The number of hydrogen-bond acceptors (Lipinski definition) is 5. The topological polar surface area (TPSA) is 76.7 Å². The molecular formula is C20H23ClN2O4S. The van der Waals surface area contributed by atoms with E-state index in [0.717, 1.165) is 18.7 Å². The van der Waals surface area contributed by atoms with Gasteiger partial charge in [0.25, 0.3) is 0 Å². The lowest BCUT2D eigenvalue weighted by molar-refractivity contribution is -0.120. The number of hydrogen-bond donors (Lipinski definition) is 2. The number of carbonyl (C=O) groups excluding carboxylic acids is 1. The third-order valence-electron chi connectivity index (χ3n) is 4.68. The van der Waals surface area contributed by atoms with Crippen LogP contribution in [0.5, 0.6) is 11.5 Å². The van der Waals surface area contributed by atoms with Crippen LogP contribution in [-0.4, -0.2) is 29.1 Å². The van der Waals surface area contributed by atoms with E-state index in [1.165, 1.54) is 11.1 Å². The van der Waals surface area contributed by atoms with Gasteiger partial charge >= 0.3 is 0 Å². The van der Waals surface area contributed by atoms with Gasteiger partial charge in [0, 0.05) is 42.8 Å². The highest BCUT2D eigenvalue weighted by Gasteiger charge is 2.15. The summed E-state index contributed by atoms with van der Waals surface area (Å²) in [5, 5.41) is 6.22. The molecule has 1 atom stereocenters. The van der Waals surface area contributed by atoms with Crippen molar-refractivity contribution in [2.24, 2.45) is 0 Å². The molecule has 2 aromatic rings. The third-order valence-corrected chi connectivity index (χ3v) is 6.04. The number of fused-ring (bicyclic) bond motifs is 2. The minimum absolute atomic E-state index is 0. The first kappa shape index (κ1) is 20.6. The molecule has 28 heavy (non-hydrogen) atoms. The van der Waals surface area contributed by atoms with Crippen LogP contribution < -0.4 is 20.1 Å². The number of amides is 1. The van der Waals surface area contributed by atoms with Crippen LogP contribution in [0.1, 0.15) is 23.1 Å². The highest BCUT2D eigenvalue weighted by Crippen LogP contribution is 2.31. The van der Waals surface area contributed by atoms with Crippen LogP contribution in [0, 0.1) is 0 Å². The van der Waals surface area contributed by atoms with Crippen LogP contribution in [0.15, 0.2) is 41.3 Å². The van der Waals surface area contributed by atoms with Crippen molar-refractivity contribution < 1.29 is 18.5 Å². The van der Waals surface area contributed by atoms with Gasteiger partial charge in [-0.2, -0.15) is 0 Å². The molecule has 0 saturated heterocycles. The summed E-state index contributed by atoms with van der Waals surface area (Å²) >= 11 is 0. The lowest BCUT2D eigenvalue weighted by Gasteiger charge is -2.18. The van der Waals surface area contributed by atoms with Crippen molar-refractivity contribution in [1.29, 1.82) is 0 Å². The maximum Gasteiger partial charge on any atom is 0.221 e. The molecule has 0 radical (unpaired) electrons. The first-order valence-electron chi connectivity index (χ1n) is 9.05. The lowest BCUT2D eigenvalue weighted by Crippen LogP contribution is -2.24. The van der Waals surface area contributed by atoms with Gasteiger partial charge in [0.15, 0.2) is 11.5 Å². The Morgan fingerprint density at radius 1 is 1.04 bits per heavy atom. The summed E-state index contributed by atoms with van der Waals surface area (Å²) in [4.78, 5) is 12.8. The molecule has 1 amide bonds. The summed E-state index contributed by atoms with van der Waals surface area (Å²) in [6.45, 7) is 3.29. The maximum atomic E-state index is 12.5. The molecule has 2 N–H and O–H groups in total. The highest BCUT2D eigenvalue weighted by atomic mass is 35.5. The van der Waals surface area contributed by atoms with E-state index in [-0.39, 0.29) is 30.5 Å². The SMILES string of the molecule is Cl.O=C(CCS(=O)c1ccc2c(c1)OCCO2)NCc1ccc2c(c1)CNC2. The average Bonchev–Trinajstić information content (AvgIpc) is 3.18. The van der Waals surface area contributed by atoms with E-state index < -0.39 is 10.8 Å². The number of carbonyl (C=O) groups is 1. The summed E-state index contributed by atoms with van der Waals surface area (Å²) < 4.78 is 23.4. The molecule has 2 aliphatic rings. The number of rotatable bonds is 6. The van der Waals surface area contributed by atoms with Gasteiger partial charge in [-0.05, 0) is 28.8 Å². The van der Waals surface area contributed by atoms with Gasteiger partial charge in [-0.15, -0.1) is 12.4 Å². The Balaban J connectivity index is 0.00000225. The molecule has 0 aromatic heterocycles. The minimum atomic E-state index is -1.25. The number of ether oxygens (including phenoxy) is 2. The van der Waals surface area contributed by atoms with Crippen LogP contribution in [0.25, 0.3) is 0 Å². The number of nitrogens with one attached hydrogen (secondary N) is 2. The van der Waals surface area contributed by atoms with Gasteiger partial charge in [-0.1, -0.05) is 18.2 Å². The van der Waals surface area contributed by atoms with Gasteiger partial charge in [0.05, 0.1) is 10.8 Å². The molecule has 2 aromatic carbocycles. The van der Waals surface area contributed by atoms with Crippen LogP contribution in [0.2, 0.25) is 0 Å². The summed E-state index contributed by atoms with van der Waals surface area (Å²) in [6.07, 6.45) is 0.216. The molecule has 8 heteroatoms. The normalized spacial score (nSPS) is 15.3. The Morgan fingerprint density at radius 3 is 2.68 bits per heavy atom. The summed E-state index contributed by atoms with van der Waals surface area (Å²) in [5.41, 5.74) is 3.69. The quantitative estimate of drug-likeness (QED) is 0.747. The van der Waals surface area contributed by atoms with Crippen molar-refractivity contribution in [3.8, 4) is 11.5 Å². The fraction of sp³-hybridized carbons (Fsp3) is 0.350. The van der Waals surface area contributed by atoms with Gasteiger partial charge in [-0.3, -0.25) is 9.00 Å². The number of benzene rings is 2. The van der Waals surface area contributed by atoms with Crippen molar-refractivity contribution in [3.63, 3.8) is 0 Å². The largest absolute Gasteiger partial charge is 0.486 e. The van der Waals surface area contributed by atoms with Crippen LogP contribution >= 0.6 is 12.4 Å². The Bertz CT molecular complexity index is 891. The second-order valence-corrected chi connectivity index (χ2v) is 8.16. The molecule has 4 rings (SSSR count). The molecule has 0 aliphatic carbocycles. The number of halogens is 1. The van der Waals surface area contributed by atoms with Crippen molar-refractivity contribution >= 4 is 29.1 Å². The van der Waals surface area contributed by atoms with E-state index in [0.29, 0.717) is 36.2 Å². The van der Waals surface area contributed by atoms with Crippen LogP contribution in [0.4, 0.5) is 0 Å². The van der Waals surface area contributed by atoms with Crippen LogP contribution in [0.3, 0.4) is 0 Å². The molecule has 6 nitrogen and oxygen atoms in total. The van der Waals surface area contributed by atoms with E-state index in [4.69, 9.17) is 9.47 Å². The smallest absolute Gasteiger partial charge is 0.221 e. The maximum absolute atomic E-state index is 12.5. The Hall–Kier alpha value is -2.09. The zero-order chi connectivity index (χ0) is 18.6. The van der Waals surface area contributed by atoms with Gasteiger partial charge < -0.3 is 20.1 Å². The summed E-state index contributed by atoms with van der Waals surface area (Å²) in [7, 11) is -1.25. The second-order valence-electron chi connectivity index (χ2n) is 6.59. The molecule has 0 fully saturated rings. The first-order valence-corrected chi connectivity index (χ1v) is 10.4. The second kappa shape index (κ2) is 9.41. The Labute approximate surface area is 172 Å². The van der Waals surface area contributed by atoms with E-state index in [1.807, 2.05) is 6.07 Å². The van der Waals surface area contributed by atoms with E-state index >= 15 is 0 Å². The van der Waals surface area contributed by atoms with Gasteiger partial charge in [0.1, 0.15) is 13.2 Å². The van der Waals surface area contributed by atoms with E-state index in [9.17, 15) is 9.00 Å². The summed E-state index contributed by atoms with van der Waals surface area (Å²) in [5.74, 6) is 1.46. The molecule has 2 aliphatic heterocycles. The monoisotopic (exact) mass is 422 g/mol. The van der Waals surface area contributed by atoms with Crippen molar-refractivity contribution in [3.05, 3.63) is 53.1 Å². The van der Waals surface area contributed by atoms with E-state index in [1.54, 1.807) is 18.2 Å². The van der Waals surface area contributed by atoms with E-state index in [2.05, 4.69) is 22.8 Å². The summed E-state index contributed by atoms with van der Waals surface area (Å²) in [6, 6.07) is 11.5. The minimum Gasteiger partial charge on any atom is -0.486 e. The van der Waals surface area contributed by atoms with Crippen molar-refractivity contribution in [2.75, 3.05) is 19.0 Å². The molecule has 150 valence electrons. The molecule has 0 spiro atoms. The highest BCUT2D eigenvalue weighted by molar-refractivity contribution is 7.85. The zero-order valence-electron chi connectivity index (χ0n) is 15.4.